The topological polar surface area (TPSA) is 105 Å². The minimum atomic E-state index is -4.52. The number of amides is 2. The Hall–Kier alpha value is -4.26. The average Bonchev–Trinajstić information content (AvgIpc) is 3.35. The first-order valence-corrected chi connectivity index (χ1v) is 14.8. The van der Waals surface area contributed by atoms with Crippen LogP contribution in [0.2, 0.25) is 0 Å². The van der Waals surface area contributed by atoms with Crippen LogP contribution in [0.3, 0.4) is 0 Å². The molecular formula is C32H34F4N4O4S. The molecule has 0 aliphatic heterocycles. The number of alkyl halides is 3. The van der Waals surface area contributed by atoms with Crippen LogP contribution in [0, 0.1) is 5.95 Å². The Labute approximate surface area is 262 Å². The maximum Gasteiger partial charge on any atom is 0.416 e. The summed E-state index contributed by atoms with van der Waals surface area (Å²) >= 11 is 1.13. The van der Waals surface area contributed by atoms with E-state index < -0.39 is 46.9 Å². The van der Waals surface area contributed by atoms with Gasteiger partial charge < -0.3 is 15.2 Å². The molecule has 0 unspecified atom stereocenters. The number of rotatable bonds is 7. The van der Waals surface area contributed by atoms with Crippen LogP contribution in [0.25, 0.3) is 21.2 Å². The zero-order valence-corrected chi connectivity index (χ0v) is 26.4. The predicted octanol–water partition coefficient (Wildman–Crippen LogP) is 8.43. The molecule has 45 heavy (non-hydrogen) atoms. The number of hydrogen-bond acceptors (Lipinski definition) is 6. The van der Waals surface area contributed by atoms with Gasteiger partial charge in [0.15, 0.2) is 5.13 Å². The highest BCUT2D eigenvalue weighted by molar-refractivity contribution is 7.19. The quantitative estimate of drug-likeness (QED) is 0.154. The molecule has 0 fully saturated rings. The molecule has 2 aromatic heterocycles. The lowest BCUT2D eigenvalue weighted by Gasteiger charge is -2.27. The molecule has 240 valence electrons. The molecular weight excluding hydrogens is 612 g/mol. The Kier molecular flexibility index (Phi) is 9.43. The first-order chi connectivity index (χ1) is 20.8. The Morgan fingerprint density at radius 3 is 2.24 bits per heavy atom. The number of carbonyl (C=O) groups is 2. The van der Waals surface area contributed by atoms with E-state index >= 15 is 0 Å². The molecule has 0 spiro atoms. The van der Waals surface area contributed by atoms with Crippen molar-refractivity contribution >= 4 is 39.4 Å². The molecule has 0 bridgehead atoms. The van der Waals surface area contributed by atoms with Crippen LogP contribution in [-0.2, 0) is 22.7 Å². The van der Waals surface area contributed by atoms with Crippen molar-refractivity contribution in [2.24, 2.45) is 0 Å². The number of anilines is 1. The van der Waals surface area contributed by atoms with Crippen molar-refractivity contribution in [1.29, 1.82) is 0 Å². The maximum absolute atomic E-state index is 13.9. The van der Waals surface area contributed by atoms with Crippen LogP contribution in [0.5, 0.6) is 0 Å². The van der Waals surface area contributed by atoms with Gasteiger partial charge >= 0.3 is 18.4 Å². The number of halogens is 4. The van der Waals surface area contributed by atoms with E-state index in [9.17, 15) is 32.3 Å². The second-order valence-electron chi connectivity index (χ2n) is 12.6. The lowest BCUT2D eigenvalue weighted by molar-refractivity contribution is -0.137. The van der Waals surface area contributed by atoms with Crippen LogP contribution in [0.4, 0.5) is 32.3 Å². The SMILES string of the molecule is CC(C)(C)OC(=O)N[C@@H](Cc1ccc(C(F)(F)F)cc1)CN(C(=O)O)c1nc(C(C)(C)C)c(-c2ccc3cnc(F)cc3c2)s1. The van der Waals surface area contributed by atoms with Gasteiger partial charge in [0.25, 0.3) is 0 Å². The first-order valence-electron chi connectivity index (χ1n) is 14.0. The summed E-state index contributed by atoms with van der Waals surface area (Å²) in [7, 11) is 0. The molecule has 1 atom stereocenters. The zero-order valence-electron chi connectivity index (χ0n) is 25.6. The molecule has 2 amide bonds. The maximum atomic E-state index is 13.9. The number of ether oxygens (including phenoxy) is 1. The fourth-order valence-electron chi connectivity index (χ4n) is 4.59. The monoisotopic (exact) mass is 646 g/mol. The smallest absolute Gasteiger partial charge is 0.416 e. The van der Waals surface area contributed by atoms with E-state index in [0.29, 0.717) is 27.1 Å². The molecule has 0 aliphatic rings. The van der Waals surface area contributed by atoms with Crippen molar-refractivity contribution in [2.45, 2.75) is 71.2 Å². The molecule has 8 nitrogen and oxygen atoms in total. The number of nitrogens with one attached hydrogen (secondary N) is 1. The summed E-state index contributed by atoms with van der Waals surface area (Å²) in [6.45, 7) is 10.5. The van der Waals surface area contributed by atoms with E-state index in [1.54, 1.807) is 32.9 Å². The molecule has 4 aromatic rings. The summed E-state index contributed by atoms with van der Waals surface area (Å²) in [5, 5.41) is 14.5. The van der Waals surface area contributed by atoms with Crippen molar-refractivity contribution in [2.75, 3.05) is 11.4 Å². The number of alkyl carbamates (subject to hydrolysis) is 1. The van der Waals surface area contributed by atoms with Gasteiger partial charge in [-0.25, -0.2) is 19.6 Å². The first kappa shape index (κ1) is 33.6. The van der Waals surface area contributed by atoms with Crippen LogP contribution in [0.1, 0.15) is 58.4 Å². The van der Waals surface area contributed by atoms with E-state index in [1.165, 1.54) is 24.4 Å². The van der Waals surface area contributed by atoms with Gasteiger partial charge in [-0.15, -0.1) is 0 Å². The Morgan fingerprint density at radius 1 is 1.00 bits per heavy atom. The van der Waals surface area contributed by atoms with E-state index in [1.807, 2.05) is 26.8 Å². The summed E-state index contributed by atoms with van der Waals surface area (Å²) in [5.41, 5.74) is -0.418. The normalized spacial score (nSPS) is 13.0. The van der Waals surface area contributed by atoms with Gasteiger partial charge in [0.05, 0.1) is 28.7 Å². The summed E-state index contributed by atoms with van der Waals surface area (Å²) in [6.07, 6.45) is -5.23. The molecule has 4 rings (SSSR count). The van der Waals surface area contributed by atoms with E-state index in [2.05, 4.69) is 10.3 Å². The van der Waals surface area contributed by atoms with Crippen molar-refractivity contribution in [1.82, 2.24) is 15.3 Å². The number of carboxylic acid groups (broad SMARTS) is 1. The molecule has 0 saturated carbocycles. The third-order valence-electron chi connectivity index (χ3n) is 6.63. The second-order valence-corrected chi connectivity index (χ2v) is 13.6. The van der Waals surface area contributed by atoms with E-state index in [-0.39, 0.29) is 18.1 Å². The Morgan fingerprint density at radius 2 is 1.67 bits per heavy atom. The number of nitrogens with zero attached hydrogens (tertiary/aromatic N) is 3. The van der Waals surface area contributed by atoms with Crippen molar-refractivity contribution in [3.05, 3.63) is 77.5 Å². The van der Waals surface area contributed by atoms with Gasteiger partial charge in [0.1, 0.15) is 5.60 Å². The van der Waals surface area contributed by atoms with Crippen molar-refractivity contribution in [3.8, 4) is 10.4 Å². The average molecular weight is 647 g/mol. The summed E-state index contributed by atoms with van der Waals surface area (Å²) in [5.74, 6) is -0.630. The largest absolute Gasteiger partial charge is 0.465 e. The van der Waals surface area contributed by atoms with Gasteiger partial charge in [-0.3, -0.25) is 4.90 Å². The third kappa shape index (κ3) is 8.68. The minimum absolute atomic E-state index is 0.00972. The fourth-order valence-corrected chi connectivity index (χ4v) is 5.87. The molecule has 2 heterocycles. The number of carbonyl (C=O) groups excluding carboxylic acids is 1. The number of benzene rings is 2. The van der Waals surface area contributed by atoms with Gasteiger partial charge in [-0.2, -0.15) is 17.6 Å². The third-order valence-corrected chi connectivity index (χ3v) is 7.75. The Bertz CT molecular complexity index is 1690. The highest BCUT2D eigenvalue weighted by Gasteiger charge is 2.32. The molecule has 0 aliphatic carbocycles. The molecule has 13 heteroatoms. The molecule has 2 N–H and O–H groups in total. The highest BCUT2D eigenvalue weighted by Crippen LogP contribution is 2.41. The fraction of sp³-hybridized carbons (Fsp3) is 0.375. The van der Waals surface area contributed by atoms with Crippen LogP contribution in [0.15, 0.2) is 54.7 Å². The summed E-state index contributed by atoms with van der Waals surface area (Å²) in [4.78, 5) is 35.5. The molecule has 0 saturated heterocycles. The number of hydrogen-bond donors (Lipinski definition) is 2. The van der Waals surface area contributed by atoms with Crippen molar-refractivity contribution in [3.63, 3.8) is 0 Å². The van der Waals surface area contributed by atoms with Crippen LogP contribution >= 0.6 is 11.3 Å². The highest BCUT2D eigenvalue weighted by atomic mass is 32.1. The number of aromatic nitrogens is 2. The lowest BCUT2D eigenvalue weighted by Crippen LogP contribution is -2.48. The number of thiazole rings is 1. The molecule has 0 radical (unpaired) electrons. The lowest BCUT2D eigenvalue weighted by atomic mass is 9.89. The molecule has 2 aromatic carbocycles. The predicted molar refractivity (Wildman–Crippen MR) is 165 cm³/mol. The number of pyridine rings is 1. The van der Waals surface area contributed by atoms with Crippen LogP contribution in [-0.4, -0.2) is 45.4 Å². The summed E-state index contributed by atoms with van der Waals surface area (Å²) < 4.78 is 58.6. The second kappa shape index (κ2) is 12.6. The van der Waals surface area contributed by atoms with Gasteiger partial charge in [0.2, 0.25) is 5.95 Å². The standard InChI is InChI=1S/C32H34F4N4O4S/c1-30(2,3)26-25(19-9-10-20-16-37-24(33)15-21(20)14-19)45-27(39-26)40(29(42)43)17-23(38-28(41)44-31(4,5)6)13-18-7-11-22(12-8-18)32(34,35)36/h7-12,14-16,23H,13,17H2,1-6H3,(H,38,41)(H,42,43)/t23-/m0/s1. The van der Waals surface area contributed by atoms with Gasteiger partial charge in [-0.05, 0) is 61.9 Å². The summed E-state index contributed by atoms with van der Waals surface area (Å²) in [6, 6.07) is 10.3. The van der Waals surface area contributed by atoms with Crippen LogP contribution < -0.4 is 10.2 Å². The Balaban J connectivity index is 1.72. The number of fused-ring (bicyclic) bond motifs is 1. The minimum Gasteiger partial charge on any atom is -0.465 e. The van der Waals surface area contributed by atoms with Crippen molar-refractivity contribution < 1.29 is 37.0 Å². The van der Waals surface area contributed by atoms with Gasteiger partial charge in [-0.1, -0.05) is 56.4 Å². The van der Waals surface area contributed by atoms with Gasteiger partial charge in [0, 0.05) is 23.1 Å². The zero-order chi connectivity index (χ0) is 33.3. The van der Waals surface area contributed by atoms with E-state index in [0.717, 1.165) is 33.8 Å². The van der Waals surface area contributed by atoms with E-state index in [4.69, 9.17) is 9.72 Å².